The summed E-state index contributed by atoms with van der Waals surface area (Å²) >= 11 is 0. The first-order chi connectivity index (χ1) is 12.2. The Labute approximate surface area is 143 Å². The summed E-state index contributed by atoms with van der Waals surface area (Å²) in [5.41, 5.74) is 8.26. The van der Waals surface area contributed by atoms with Crippen LogP contribution < -0.4 is 21.6 Å². The molecule has 3 N–H and O–H groups in total. The summed E-state index contributed by atoms with van der Waals surface area (Å²) < 4.78 is 5.55. The molecule has 1 aromatic heterocycles. The van der Waals surface area contributed by atoms with Gasteiger partial charge >= 0.3 is 0 Å². The molecule has 1 aliphatic heterocycles. The lowest BCUT2D eigenvalue weighted by molar-refractivity contribution is 0.0997. The molecule has 0 bridgehead atoms. The summed E-state index contributed by atoms with van der Waals surface area (Å²) in [6.45, 7) is 0.935. The van der Waals surface area contributed by atoms with Crippen LogP contribution in [0.4, 0.5) is 5.69 Å². The molecule has 25 heavy (non-hydrogen) atoms. The lowest BCUT2D eigenvalue weighted by Gasteiger charge is -2.11. The fourth-order valence-electron chi connectivity index (χ4n) is 2.94. The Morgan fingerprint density at radius 1 is 1.12 bits per heavy atom. The van der Waals surface area contributed by atoms with E-state index in [9.17, 15) is 9.59 Å². The van der Waals surface area contributed by atoms with E-state index in [1.807, 2.05) is 24.3 Å². The van der Waals surface area contributed by atoms with Crippen molar-refractivity contribution in [3.63, 3.8) is 0 Å². The summed E-state index contributed by atoms with van der Waals surface area (Å²) in [6.07, 6.45) is 1.02. The molecular weight excluding hydrogens is 318 g/mol. The highest BCUT2D eigenvalue weighted by Crippen LogP contribution is 2.21. The maximum atomic E-state index is 12.4. The molecule has 1 aliphatic rings. The van der Waals surface area contributed by atoms with Crippen LogP contribution in [0.5, 0.6) is 0 Å². The van der Waals surface area contributed by atoms with E-state index < -0.39 is 5.91 Å². The fraction of sp³-hybridized carbons (Fsp3) is 0.158. The molecule has 6 nitrogen and oxygen atoms in total. The van der Waals surface area contributed by atoms with Crippen molar-refractivity contribution in [2.45, 2.75) is 12.5 Å². The monoisotopic (exact) mass is 335 g/mol. The van der Waals surface area contributed by atoms with Crippen LogP contribution in [0.15, 0.2) is 63.8 Å². The summed E-state index contributed by atoms with van der Waals surface area (Å²) in [5.74, 6) is -0.453. The molecule has 0 saturated carbocycles. The number of carbonyl (C=O) groups excluding carboxylic acids is 1. The number of benzene rings is 2. The van der Waals surface area contributed by atoms with Gasteiger partial charge in [-0.1, -0.05) is 24.3 Å². The zero-order valence-corrected chi connectivity index (χ0v) is 13.4. The van der Waals surface area contributed by atoms with Crippen molar-refractivity contribution in [1.29, 1.82) is 0 Å². The Kier molecular flexibility index (Phi) is 4.05. The molecule has 2 aromatic carbocycles. The van der Waals surface area contributed by atoms with E-state index in [1.54, 1.807) is 24.3 Å². The highest BCUT2D eigenvalue weighted by molar-refractivity contribution is 6.02. The molecule has 1 saturated heterocycles. The molecule has 4 rings (SSSR count). The Morgan fingerprint density at radius 2 is 1.92 bits per heavy atom. The van der Waals surface area contributed by atoms with Crippen molar-refractivity contribution in [1.82, 2.24) is 10.9 Å². The van der Waals surface area contributed by atoms with E-state index in [-0.39, 0.29) is 17.2 Å². The number of hydrogen-bond donors (Lipinski definition) is 3. The number of carbonyl (C=O) groups is 1. The van der Waals surface area contributed by atoms with Crippen molar-refractivity contribution in [3.05, 3.63) is 76.1 Å². The quantitative estimate of drug-likeness (QED) is 0.685. The predicted molar refractivity (Wildman–Crippen MR) is 95.4 cm³/mol. The molecule has 2 heterocycles. The summed E-state index contributed by atoms with van der Waals surface area (Å²) in [5, 5.41) is 3.22. The average molecular weight is 335 g/mol. The fourth-order valence-corrected chi connectivity index (χ4v) is 2.94. The van der Waals surface area contributed by atoms with Gasteiger partial charge in [0.1, 0.15) is 5.58 Å². The van der Waals surface area contributed by atoms with Crippen LogP contribution in [-0.4, -0.2) is 12.5 Å². The van der Waals surface area contributed by atoms with Gasteiger partial charge in [-0.15, -0.1) is 0 Å². The van der Waals surface area contributed by atoms with Crippen molar-refractivity contribution in [2.24, 2.45) is 0 Å². The molecule has 1 atom stereocenters. The Morgan fingerprint density at radius 3 is 2.68 bits per heavy atom. The van der Waals surface area contributed by atoms with Gasteiger partial charge in [0.25, 0.3) is 5.91 Å². The molecule has 6 heteroatoms. The minimum Gasteiger partial charge on any atom is -0.451 e. The van der Waals surface area contributed by atoms with E-state index in [2.05, 4.69) is 16.2 Å². The number of fused-ring (bicyclic) bond motifs is 1. The van der Waals surface area contributed by atoms with Gasteiger partial charge in [-0.25, -0.2) is 0 Å². The summed E-state index contributed by atoms with van der Waals surface area (Å²) in [6, 6.07) is 16.0. The molecule has 1 amide bonds. The second-order valence-corrected chi connectivity index (χ2v) is 5.96. The van der Waals surface area contributed by atoms with Gasteiger partial charge in [0.2, 0.25) is 0 Å². The van der Waals surface area contributed by atoms with E-state index in [0.29, 0.717) is 16.7 Å². The lowest BCUT2D eigenvalue weighted by Crippen LogP contribution is -2.24. The molecule has 126 valence electrons. The highest BCUT2D eigenvalue weighted by Gasteiger charge is 2.16. The Balaban J connectivity index is 1.54. The SMILES string of the molecule is O=C(Nc1ccc(C2CCNN2)cc1)c1cc(=O)c2ccccc2o1. The summed E-state index contributed by atoms with van der Waals surface area (Å²) in [7, 11) is 0. The maximum absolute atomic E-state index is 12.4. The molecule has 1 fully saturated rings. The maximum Gasteiger partial charge on any atom is 0.291 e. The first kappa shape index (κ1) is 15.6. The van der Waals surface area contributed by atoms with Crippen molar-refractivity contribution >= 4 is 22.6 Å². The number of amides is 1. The predicted octanol–water partition coefficient (Wildman–Crippen LogP) is 2.58. The van der Waals surface area contributed by atoms with E-state index >= 15 is 0 Å². The van der Waals surface area contributed by atoms with Crippen LogP contribution in [0.2, 0.25) is 0 Å². The van der Waals surface area contributed by atoms with Gasteiger partial charge in [0.05, 0.1) is 5.39 Å². The van der Waals surface area contributed by atoms with Gasteiger partial charge in [-0.3, -0.25) is 20.4 Å². The first-order valence-electron chi connectivity index (χ1n) is 8.13. The van der Waals surface area contributed by atoms with Gasteiger partial charge in [0.15, 0.2) is 11.2 Å². The minimum atomic E-state index is -0.448. The average Bonchev–Trinajstić information content (AvgIpc) is 3.17. The largest absolute Gasteiger partial charge is 0.451 e. The van der Waals surface area contributed by atoms with Crippen LogP contribution >= 0.6 is 0 Å². The number of nitrogens with one attached hydrogen (secondary N) is 3. The molecule has 0 spiro atoms. The summed E-state index contributed by atoms with van der Waals surface area (Å²) in [4.78, 5) is 24.5. The van der Waals surface area contributed by atoms with Gasteiger partial charge in [-0.05, 0) is 36.2 Å². The third-order valence-electron chi connectivity index (χ3n) is 4.26. The van der Waals surface area contributed by atoms with Gasteiger partial charge in [0, 0.05) is 24.3 Å². The molecule has 0 aliphatic carbocycles. The molecule has 0 radical (unpaired) electrons. The number of rotatable bonds is 3. The van der Waals surface area contributed by atoms with Crippen LogP contribution in [0.1, 0.15) is 28.6 Å². The third kappa shape index (κ3) is 3.17. The normalized spacial score (nSPS) is 16.9. The number of hydrogen-bond acceptors (Lipinski definition) is 5. The first-order valence-corrected chi connectivity index (χ1v) is 8.13. The molecule has 1 unspecified atom stereocenters. The molecular formula is C19H17N3O3. The zero-order chi connectivity index (χ0) is 17.2. The van der Waals surface area contributed by atoms with Crippen molar-refractivity contribution < 1.29 is 9.21 Å². The van der Waals surface area contributed by atoms with Crippen LogP contribution in [0.25, 0.3) is 11.0 Å². The molecule has 3 aromatic rings. The number of para-hydroxylation sites is 1. The number of hydrazine groups is 1. The minimum absolute atomic E-state index is 0.00515. The topological polar surface area (TPSA) is 83.4 Å². The van der Waals surface area contributed by atoms with Gasteiger partial charge < -0.3 is 9.73 Å². The van der Waals surface area contributed by atoms with Crippen molar-refractivity contribution in [3.8, 4) is 0 Å². The van der Waals surface area contributed by atoms with Crippen LogP contribution in [0.3, 0.4) is 0 Å². The zero-order valence-electron chi connectivity index (χ0n) is 13.4. The third-order valence-corrected chi connectivity index (χ3v) is 4.26. The van der Waals surface area contributed by atoms with Crippen LogP contribution in [0, 0.1) is 0 Å². The second-order valence-electron chi connectivity index (χ2n) is 5.96. The Hall–Kier alpha value is -2.96. The van der Waals surface area contributed by atoms with E-state index in [1.165, 1.54) is 6.07 Å². The second kappa shape index (κ2) is 6.51. The van der Waals surface area contributed by atoms with E-state index in [4.69, 9.17) is 4.42 Å². The van der Waals surface area contributed by atoms with Crippen molar-refractivity contribution in [2.75, 3.05) is 11.9 Å². The lowest BCUT2D eigenvalue weighted by atomic mass is 10.1. The Bertz CT molecular complexity index is 973. The van der Waals surface area contributed by atoms with Gasteiger partial charge in [-0.2, -0.15) is 0 Å². The standard InChI is InChI=1S/C19H17N3O3/c23-16-11-18(25-17-4-2-1-3-14(16)17)19(24)21-13-7-5-12(6-8-13)15-9-10-20-22-15/h1-8,11,15,20,22H,9-10H2,(H,21,24). The smallest absolute Gasteiger partial charge is 0.291 e. The highest BCUT2D eigenvalue weighted by atomic mass is 16.3. The van der Waals surface area contributed by atoms with E-state index in [0.717, 1.165) is 18.5 Å². The number of anilines is 1. The van der Waals surface area contributed by atoms with Crippen LogP contribution in [-0.2, 0) is 0 Å².